The van der Waals surface area contributed by atoms with E-state index in [-0.39, 0.29) is 11.3 Å². The van der Waals surface area contributed by atoms with Gasteiger partial charge in [0.25, 0.3) is 11.5 Å². The normalized spacial score (nSPS) is 10.2. The Morgan fingerprint density at radius 1 is 1.24 bits per heavy atom. The summed E-state index contributed by atoms with van der Waals surface area (Å²) in [6.07, 6.45) is 0. The Kier molecular flexibility index (Phi) is 2.73. The average Bonchev–Trinajstić information content (AvgIpc) is 2.62. The van der Waals surface area contributed by atoms with Crippen molar-refractivity contribution in [3.8, 4) is 0 Å². The van der Waals surface area contributed by atoms with Gasteiger partial charge in [-0.3, -0.25) is 14.7 Å². The molecular formula is C10H11N5O2. The number of nitrogens with one attached hydrogen (secondary N) is 3. The first-order valence-corrected chi connectivity index (χ1v) is 4.96. The first-order valence-electron chi connectivity index (χ1n) is 4.96. The predicted molar refractivity (Wildman–Crippen MR) is 60.9 cm³/mol. The van der Waals surface area contributed by atoms with E-state index in [4.69, 9.17) is 0 Å². The van der Waals surface area contributed by atoms with E-state index < -0.39 is 5.91 Å². The molecular weight excluding hydrogens is 222 g/mol. The van der Waals surface area contributed by atoms with Crippen molar-refractivity contribution in [3.05, 3.63) is 39.4 Å². The molecule has 0 aliphatic rings. The van der Waals surface area contributed by atoms with Crippen LogP contribution < -0.4 is 10.9 Å². The molecule has 0 aliphatic heterocycles. The van der Waals surface area contributed by atoms with Crippen LogP contribution in [0.25, 0.3) is 0 Å². The molecule has 0 radical (unpaired) electrons. The lowest BCUT2D eigenvalue weighted by molar-refractivity contribution is 0.102. The zero-order valence-electron chi connectivity index (χ0n) is 9.37. The van der Waals surface area contributed by atoms with Gasteiger partial charge in [-0.25, -0.2) is 5.10 Å². The summed E-state index contributed by atoms with van der Waals surface area (Å²) in [7, 11) is 0. The molecule has 7 heteroatoms. The third-order valence-corrected chi connectivity index (χ3v) is 2.40. The van der Waals surface area contributed by atoms with Crippen molar-refractivity contribution in [3.63, 3.8) is 0 Å². The number of hydrogen-bond donors (Lipinski definition) is 3. The second kappa shape index (κ2) is 4.20. The Morgan fingerprint density at radius 2 is 2.00 bits per heavy atom. The fraction of sp³-hybridized carbons (Fsp3) is 0.200. The van der Waals surface area contributed by atoms with Gasteiger partial charge in [0.05, 0.1) is 0 Å². The van der Waals surface area contributed by atoms with E-state index in [1.54, 1.807) is 0 Å². The molecule has 0 saturated heterocycles. The number of amides is 1. The van der Waals surface area contributed by atoms with E-state index in [1.807, 2.05) is 13.8 Å². The van der Waals surface area contributed by atoms with Gasteiger partial charge in [0.2, 0.25) is 0 Å². The zero-order valence-corrected chi connectivity index (χ0v) is 9.37. The topological polar surface area (TPSA) is 104 Å². The lowest BCUT2D eigenvalue weighted by Crippen LogP contribution is -2.18. The van der Waals surface area contributed by atoms with E-state index in [9.17, 15) is 9.59 Å². The zero-order chi connectivity index (χ0) is 12.4. The molecule has 0 unspecified atom stereocenters. The van der Waals surface area contributed by atoms with Gasteiger partial charge in [-0.15, -0.1) is 0 Å². The second-order valence-corrected chi connectivity index (χ2v) is 3.58. The summed E-state index contributed by atoms with van der Waals surface area (Å²) in [6.45, 7) is 3.70. The standard InChI is InChI=1S/C10H11N5O2/c1-5-6(2)12-15-9(5)11-10(17)7-3-4-8(16)14-13-7/h3-4H,1-2H3,(H,14,16)(H2,11,12,15,17). The smallest absolute Gasteiger partial charge is 0.277 e. The SMILES string of the molecule is Cc1[nH]nc(NC(=O)c2ccc(=O)[nH]n2)c1C. The van der Waals surface area contributed by atoms with Crippen LogP contribution >= 0.6 is 0 Å². The van der Waals surface area contributed by atoms with Crippen LogP contribution in [0, 0.1) is 13.8 Å². The monoisotopic (exact) mass is 233 g/mol. The van der Waals surface area contributed by atoms with Gasteiger partial charge in [-0.1, -0.05) is 0 Å². The maximum absolute atomic E-state index is 11.7. The molecule has 0 fully saturated rings. The largest absolute Gasteiger partial charge is 0.303 e. The highest BCUT2D eigenvalue weighted by Gasteiger charge is 2.12. The van der Waals surface area contributed by atoms with Crippen molar-refractivity contribution in [1.82, 2.24) is 20.4 Å². The van der Waals surface area contributed by atoms with E-state index in [1.165, 1.54) is 12.1 Å². The summed E-state index contributed by atoms with van der Waals surface area (Å²) >= 11 is 0. The van der Waals surface area contributed by atoms with Crippen molar-refractivity contribution >= 4 is 11.7 Å². The van der Waals surface area contributed by atoms with Gasteiger partial charge in [-0.2, -0.15) is 10.2 Å². The number of hydrogen-bond acceptors (Lipinski definition) is 4. The van der Waals surface area contributed by atoms with Crippen molar-refractivity contribution in [2.75, 3.05) is 5.32 Å². The van der Waals surface area contributed by atoms with Crippen LogP contribution in [-0.4, -0.2) is 26.3 Å². The van der Waals surface area contributed by atoms with E-state index in [2.05, 4.69) is 25.7 Å². The Hall–Kier alpha value is -2.44. The highest BCUT2D eigenvalue weighted by atomic mass is 16.2. The van der Waals surface area contributed by atoms with Gasteiger partial charge in [0.15, 0.2) is 5.82 Å². The van der Waals surface area contributed by atoms with Crippen molar-refractivity contribution < 1.29 is 4.79 Å². The maximum atomic E-state index is 11.7. The Balaban J connectivity index is 2.20. The van der Waals surface area contributed by atoms with Gasteiger partial charge in [0, 0.05) is 17.3 Å². The molecule has 2 heterocycles. The number of carbonyl (C=O) groups is 1. The average molecular weight is 233 g/mol. The first-order chi connectivity index (χ1) is 8.08. The summed E-state index contributed by atoms with van der Waals surface area (Å²) in [5, 5.41) is 15.1. The highest BCUT2D eigenvalue weighted by molar-refractivity contribution is 6.02. The molecule has 2 aromatic rings. The van der Waals surface area contributed by atoms with Crippen molar-refractivity contribution in [1.29, 1.82) is 0 Å². The van der Waals surface area contributed by atoms with Crippen LogP contribution in [0.2, 0.25) is 0 Å². The van der Waals surface area contributed by atoms with Crippen LogP contribution in [0.5, 0.6) is 0 Å². The lowest BCUT2D eigenvalue weighted by Gasteiger charge is -2.01. The minimum absolute atomic E-state index is 0.129. The maximum Gasteiger partial charge on any atom is 0.277 e. The molecule has 3 N–H and O–H groups in total. The lowest BCUT2D eigenvalue weighted by atomic mass is 10.2. The summed E-state index contributed by atoms with van der Waals surface area (Å²) in [5.41, 5.74) is 1.52. The van der Waals surface area contributed by atoms with Gasteiger partial charge in [-0.05, 0) is 19.9 Å². The first kappa shape index (κ1) is 11.1. The van der Waals surface area contributed by atoms with Crippen LogP contribution in [0.15, 0.2) is 16.9 Å². The minimum atomic E-state index is -0.421. The number of aryl methyl sites for hydroxylation is 1. The van der Waals surface area contributed by atoms with E-state index in [0.29, 0.717) is 5.82 Å². The van der Waals surface area contributed by atoms with Gasteiger partial charge in [0.1, 0.15) is 5.69 Å². The second-order valence-electron chi connectivity index (χ2n) is 3.58. The molecule has 0 aliphatic carbocycles. The molecule has 7 nitrogen and oxygen atoms in total. The van der Waals surface area contributed by atoms with Crippen LogP contribution in [0.4, 0.5) is 5.82 Å². The Labute approximate surface area is 96.3 Å². The molecule has 0 saturated carbocycles. The summed E-state index contributed by atoms with van der Waals surface area (Å²) in [6, 6.07) is 2.59. The molecule has 2 aromatic heterocycles. The van der Waals surface area contributed by atoms with Gasteiger partial charge >= 0.3 is 0 Å². The molecule has 0 aromatic carbocycles. The van der Waals surface area contributed by atoms with E-state index in [0.717, 1.165) is 11.3 Å². The number of H-pyrrole nitrogens is 2. The number of aromatic nitrogens is 4. The summed E-state index contributed by atoms with van der Waals surface area (Å²) in [4.78, 5) is 22.5. The highest BCUT2D eigenvalue weighted by Crippen LogP contribution is 2.14. The van der Waals surface area contributed by atoms with Crippen molar-refractivity contribution in [2.45, 2.75) is 13.8 Å². The van der Waals surface area contributed by atoms with E-state index >= 15 is 0 Å². The molecule has 1 amide bonds. The number of rotatable bonds is 2. The number of aromatic amines is 2. The third kappa shape index (κ3) is 2.22. The third-order valence-electron chi connectivity index (χ3n) is 2.40. The Bertz CT molecular complexity index is 593. The number of carbonyl (C=O) groups excluding carboxylic acids is 1. The Morgan fingerprint density at radius 3 is 2.53 bits per heavy atom. The molecule has 0 atom stereocenters. The van der Waals surface area contributed by atoms with Crippen LogP contribution in [0.1, 0.15) is 21.7 Å². The molecule has 0 spiro atoms. The summed E-state index contributed by atoms with van der Waals surface area (Å²) < 4.78 is 0. The minimum Gasteiger partial charge on any atom is -0.303 e. The van der Waals surface area contributed by atoms with Crippen molar-refractivity contribution in [2.24, 2.45) is 0 Å². The molecule has 2 rings (SSSR count). The fourth-order valence-electron chi connectivity index (χ4n) is 1.25. The fourth-order valence-corrected chi connectivity index (χ4v) is 1.25. The molecule has 0 bridgehead atoms. The molecule has 88 valence electrons. The van der Waals surface area contributed by atoms with Crippen LogP contribution in [0.3, 0.4) is 0 Å². The van der Waals surface area contributed by atoms with Gasteiger partial charge < -0.3 is 5.32 Å². The predicted octanol–water partition coefficient (Wildman–Crippen LogP) is 0.362. The summed E-state index contributed by atoms with van der Waals surface area (Å²) in [5.74, 6) is 0.0383. The molecule has 17 heavy (non-hydrogen) atoms. The number of anilines is 1. The van der Waals surface area contributed by atoms with Crippen LogP contribution in [-0.2, 0) is 0 Å². The quantitative estimate of drug-likeness (QED) is 0.696. The number of nitrogens with zero attached hydrogens (tertiary/aromatic N) is 2.